The zero-order chi connectivity index (χ0) is 61.7. The van der Waals surface area contributed by atoms with Crippen LogP contribution in [0.2, 0.25) is 0 Å². The van der Waals surface area contributed by atoms with Crippen LogP contribution in [0.15, 0.2) is 175 Å². The molecule has 0 bridgehead atoms. The fraction of sp³-hybridized carbons (Fsp3) is 0. The number of hydrogen-bond acceptors (Lipinski definition) is 3. The van der Waals surface area contributed by atoms with E-state index in [1.165, 1.54) is 0 Å². The van der Waals surface area contributed by atoms with E-state index in [0.29, 0.717) is 0 Å². The van der Waals surface area contributed by atoms with Gasteiger partial charge in [0.15, 0.2) is 0 Å². The van der Waals surface area contributed by atoms with E-state index >= 15 is 0 Å². The quantitative estimate of drug-likeness (QED) is 0.169. The number of para-hydroxylation sites is 7. The van der Waals surface area contributed by atoms with E-state index in [2.05, 4.69) is 4.98 Å². The van der Waals surface area contributed by atoms with Crippen LogP contribution in [-0.4, -0.2) is 25.4 Å². The molecule has 0 spiro atoms. The van der Waals surface area contributed by atoms with Crippen LogP contribution in [0.5, 0.6) is 17.2 Å². The summed E-state index contributed by atoms with van der Waals surface area (Å²) in [6.45, 7) is -1.94. The van der Waals surface area contributed by atoms with E-state index in [0.717, 1.165) is 13.5 Å². The molecule has 2 aliphatic heterocycles. The lowest BCUT2D eigenvalue weighted by Crippen LogP contribution is -2.53. The highest BCUT2D eigenvalue weighted by molar-refractivity contribution is 6.84. The van der Waals surface area contributed by atoms with Crippen LogP contribution in [0.1, 0.15) is 39.8 Å². The van der Waals surface area contributed by atoms with Gasteiger partial charge in [-0.2, -0.15) is 0 Å². The lowest BCUT2D eigenvalue weighted by Gasteiger charge is -2.33. The molecular weight excluding hydrogens is 687 g/mol. The molecule has 5 heterocycles. The van der Waals surface area contributed by atoms with E-state index in [1.807, 2.05) is 0 Å². The molecule has 0 amide bonds. The fourth-order valence-corrected chi connectivity index (χ4v) is 7.28. The van der Waals surface area contributed by atoms with E-state index in [4.69, 9.17) is 35.4 Å². The molecular formula is C49H29BN4O2. The number of fused-ring (bicyclic) bond motifs is 12. The molecule has 0 saturated heterocycles. The summed E-state index contributed by atoms with van der Waals surface area (Å²) < 4.78 is 278. The van der Waals surface area contributed by atoms with Crippen LogP contribution in [0.3, 0.4) is 0 Å². The van der Waals surface area contributed by atoms with Crippen molar-refractivity contribution in [3.8, 4) is 50.9 Å². The molecule has 0 saturated carbocycles. The average Bonchev–Trinajstić information content (AvgIpc) is 1.78. The van der Waals surface area contributed by atoms with Gasteiger partial charge in [-0.25, -0.2) is 4.98 Å². The number of imidazole rings is 2. The molecule has 7 heteroatoms. The second-order valence-electron chi connectivity index (χ2n) is 12.5. The first-order valence-electron chi connectivity index (χ1n) is 31.1. The summed E-state index contributed by atoms with van der Waals surface area (Å²) in [4.78, 5) is 4.51. The Bertz CT molecular complexity index is 5070. The van der Waals surface area contributed by atoms with Crippen LogP contribution in [0.25, 0.3) is 83.3 Å². The van der Waals surface area contributed by atoms with Crippen molar-refractivity contribution in [1.29, 1.82) is 0 Å². The van der Waals surface area contributed by atoms with Gasteiger partial charge in [0.05, 0.1) is 78.5 Å². The Balaban J connectivity index is 1.16. The van der Waals surface area contributed by atoms with E-state index in [1.54, 1.807) is 0 Å². The van der Waals surface area contributed by atoms with Crippen LogP contribution < -0.4 is 20.3 Å². The van der Waals surface area contributed by atoms with Crippen molar-refractivity contribution in [3.63, 3.8) is 0 Å². The van der Waals surface area contributed by atoms with Crippen molar-refractivity contribution in [2.24, 2.45) is 0 Å². The third-order valence-electron chi connectivity index (χ3n) is 9.58. The first-order chi connectivity index (χ1) is 39.9. The Morgan fingerprint density at radius 1 is 0.482 bits per heavy atom. The number of hydrogen-bond donors (Lipinski definition) is 0. The van der Waals surface area contributed by atoms with Crippen molar-refractivity contribution < 1.29 is 49.1 Å². The zero-order valence-electron chi connectivity index (χ0n) is 56.7. The number of aromatic nitrogens is 4. The standard InChI is InChI=1S/C49H29BN4O2/c1-5-18-40-34(14-1)35-15-2-6-19-41(35)52(40)32-13-11-12-30(26-32)31-24-25-38-46(27-31)55-47-29-33(28-37-36-16-3-10-23-45(36)56-50(38)48(37)47)53-43-21-8-9-22-44(43)54-42-20-7-4-17-39(42)51-49(53)54/h1-29H/i1D,2D,3D,4D,5D,6D,7D,8D,9D,10D,11D,12D,13D,14D,15D,16D,17D,18D,19D,20D,21D,22D,23D,24D,25D,26D,27D,28D,29D. The Hall–Kier alpha value is -7.51. The molecule has 260 valence electrons. The summed E-state index contributed by atoms with van der Waals surface area (Å²) in [5, 5.41) is -0.958. The number of ether oxygens (including phenoxy) is 1. The maximum absolute atomic E-state index is 10.1. The Labute approximate surface area is 361 Å². The van der Waals surface area contributed by atoms with Gasteiger partial charge in [0.1, 0.15) is 17.2 Å². The first kappa shape index (κ1) is 13.7. The van der Waals surface area contributed by atoms with Crippen molar-refractivity contribution in [3.05, 3.63) is 175 Å². The molecule has 2 aliphatic rings. The molecule has 0 unspecified atom stereocenters. The van der Waals surface area contributed by atoms with E-state index in [-0.39, 0.29) is 0 Å². The monoisotopic (exact) mass is 745 g/mol. The molecule has 56 heavy (non-hydrogen) atoms. The normalized spacial score (nSPS) is 20.1. The zero-order valence-corrected chi connectivity index (χ0v) is 27.7. The Morgan fingerprint density at radius 3 is 2.02 bits per heavy atom. The van der Waals surface area contributed by atoms with Gasteiger partial charge >= 0.3 is 6.92 Å². The van der Waals surface area contributed by atoms with Gasteiger partial charge in [-0.1, -0.05) is 103 Å². The molecule has 0 radical (unpaired) electrons. The minimum absolute atomic E-state index is 0.391. The summed E-state index contributed by atoms with van der Waals surface area (Å²) in [5.41, 5.74) is -8.25. The second-order valence-corrected chi connectivity index (χ2v) is 12.5. The summed E-state index contributed by atoms with van der Waals surface area (Å²) in [6, 6.07) is -25.1. The van der Waals surface area contributed by atoms with Crippen molar-refractivity contribution >= 4 is 67.5 Å². The maximum atomic E-state index is 10.1. The van der Waals surface area contributed by atoms with E-state index < -0.39 is 294 Å². The molecule has 0 N–H and O–H groups in total. The highest BCUT2D eigenvalue weighted by Gasteiger charge is 2.41. The van der Waals surface area contributed by atoms with Crippen molar-refractivity contribution in [2.75, 3.05) is 0 Å². The minimum Gasteiger partial charge on any atom is -0.551 e. The number of nitrogens with zero attached hydrogens (tertiary/aromatic N) is 4. The Kier molecular flexibility index (Phi) is 2.69. The van der Waals surface area contributed by atoms with Gasteiger partial charge in [0, 0.05) is 39.0 Å². The lowest BCUT2D eigenvalue weighted by atomic mass is 9.50. The number of benzene rings is 8. The topological polar surface area (TPSA) is 45.6 Å². The van der Waals surface area contributed by atoms with Gasteiger partial charge in [0.25, 0.3) is 0 Å². The largest absolute Gasteiger partial charge is 0.551 e. The summed E-state index contributed by atoms with van der Waals surface area (Å²) in [7, 11) is 0. The molecule has 0 aliphatic carbocycles. The second kappa shape index (κ2) is 11.0. The molecule has 8 aromatic carbocycles. The van der Waals surface area contributed by atoms with Crippen molar-refractivity contribution in [2.45, 2.75) is 0 Å². The first-order valence-corrected chi connectivity index (χ1v) is 16.6. The molecule has 6 nitrogen and oxygen atoms in total. The molecule has 13 rings (SSSR count). The predicted molar refractivity (Wildman–Crippen MR) is 227 cm³/mol. The number of rotatable bonds is 3. The van der Waals surface area contributed by atoms with Crippen LogP contribution in [0.4, 0.5) is 0 Å². The summed E-state index contributed by atoms with van der Waals surface area (Å²) >= 11 is 0. The molecule has 3 aromatic heterocycles. The lowest BCUT2D eigenvalue weighted by molar-refractivity contribution is 0.479. The smallest absolute Gasteiger partial charge is 0.434 e. The third kappa shape index (κ3) is 4.03. The minimum atomic E-state index is -1.94. The molecule has 11 aromatic rings. The molecule has 0 fully saturated rings. The summed E-state index contributed by atoms with van der Waals surface area (Å²) in [6.07, 6.45) is 0. The highest BCUT2D eigenvalue weighted by atomic mass is 16.5. The average molecular weight is 746 g/mol. The molecule has 0 atom stereocenters. The van der Waals surface area contributed by atoms with Crippen molar-refractivity contribution in [1.82, 2.24) is 18.5 Å². The highest BCUT2D eigenvalue weighted by Crippen LogP contribution is 2.42. The fourth-order valence-electron chi connectivity index (χ4n) is 7.28. The van der Waals surface area contributed by atoms with Gasteiger partial charge in [0.2, 0.25) is 5.78 Å². The van der Waals surface area contributed by atoms with E-state index in [9.17, 15) is 13.7 Å². The Morgan fingerprint density at radius 2 is 1.18 bits per heavy atom. The van der Waals surface area contributed by atoms with Crippen LogP contribution in [0, 0.1) is 0 Å². The SMILES string of the molecule is [2H]c1c([2H])c([2H])c2c(c1[2H])OB1c3c([2H])c([2H])c(-c4c([2H])c([2H])c([2H])c(-n5c6c([2H])c([2H])c([2H])c([2H])c6c6c([2H])c([2H])c([2H])c([2H])c65)c4[2H])c([2H])c3Oc3c([2H])c(-n4c5c([2H])c([2H])c([2H])c([2H])c5n5c6c([2H])c([2H])c([2H])c([2H])c6nc45)c([2H])c-2c31. The maximum Gasteiger partial charge on any atom is 0.434 e. The van der Waals surface area contributed by atoms with Gasteiger partial charge in [-0.15, -0.1) is 0 Å². The summed E-state index contributed by atoms with van der Waals surface area (Å²) in [5.74, 6) is -2.71. The predicted octanol–water partition coefficient (Wildman–Crippen LogP) is 10.5. The van der Waals surface area contributed by atoms with Gasteiger partial charge < -0.3 is 14.0 Å². The van der Waals surface area contributed by atoms with Gasteiger partial charge in [-0.05, 0) is 83.2 Å². The third-order valence-corrected chi connectivity index (χ3v) is 9.58. The van der Waals surface area contributed by atoms with Crippen LogP contribution >= 0.6 is 0 Å². The van der Waals surface area contributed by atoms with Gasteiger partial charge in [-0.3, -0.25) is 8.97 Å². The van der Waals surface area contributed by atoms with Crippen LogP contribution in [-0.2, 0) is 0 Å².